The third-order valence-corrected chi connectivity index (χ3v) is 12.6. The van der Waals surface area contributed by atoms with Gasteiger partial charge in [0, 0.05) is 24.3 Å². The van der Waals surface area contributed by atoms with Crippen LogP contribution in [0.4, 0.5) is 0 Å². The van der Waals surface area contributed by atoms with Crippen molar-refractivity contribution in [3.05, 3.63) is 23.3 Å². The number of cyclic esters (lactones) is 1. The molecule has 7 nitrogen and oxygen atoms in total. The molecule has 0 bridgehead atoms. The van der Waals surface area contributed by atoms with Crippen LogP contribution in [0.2, 0.25) is 0 Å². The normalized spacial score (nSPS) is 49.1. The third-order valence-electron chi connectivity index (χ3n) is 11.8. The van der Waals surface area contributed by atoms with Crippen molar-refractivity contribution in [1.29, 1.82) is 0 Å². The molecule has 2 N–H and O–H groups in total. The number of alkyl halides is 1. The Bertz CT molecular complexity index is 1130. The summed E-state index contributed by atoms with van der Waals surface area (Å²) in [5, 5.41) is 24.3. The van der Waals surface area contributed by atoms with Gasteiger partial charge in [-0.1, -0.05) is 32.4 Å². The SMILES string of the molecule is CC(=O)O[C@H]1C[C@H]([C@H](C)[C@H]2CC(C)=C(C)C(=O)O2)[C@@]2(C)CC[C@H]3[C@@H](C[C@@H](O)[C@@]4(Cl)CC=CC(=O)[C@]34C)[C@@]12O. The molecule has 0 unspecified atom stereocenters. The van der Waals surface area contributed by atoms with Crippen LogP contribution < -0.4 is 0 Å². The molecule has 3 fully saturated rings. The number of aliphatic hydroxyl groups excluding tert-OH is 1. The summed E-state index contributed by atoms with van der Waals surface area (Å²) in [7, 11) is 0. The Morgan fingerprint density at radius 3 is 2.53 bits per heavy atom. The van der Waals surface area contributed by atoms with E-state index in [2.05, 4.69) is 6.92 Å². The minimum atomic E-state index is -1.48. The monoisotopic (exact) mass is 548 g/mol. The molecule has 0 radical (unpaired) electrons. The predicted octanol–water partition coefficient (Wildman–Crippen LogP) is 4.27. The van der Waals surface area contributed by atoms with Crippen LogP contribution >= 0.6 is 11.6 Å². The fraction of sp³-hybridized carbons (Fsp3) is 0.767. The highest BCUT2D eigenvalue weighted by Crippen LogP contribution is 2.71. The standard InChI is InChI=1S/C30H41ClO7/c1-15-12-22(38-26(35)16(15)2)17(3)20-14-25(37-18(4)32)30(36)21-13-24(34)29(31)10-7-8-23(33)28(29,6)19(21)9-11-27(20,30)5/h7-8,17,19-22,24-25,34,36H,9-14H2,1-6H3/t17-,19-,20+,21+,22+,24+,25-,27+,28-,29-,30+/m0/s1. The van der Waals surface area contributed by atoms with Gasteiger partial charge in [-0.15, -0.1) is 11.6 Å². The van der Waals surface area contributed by atoms with Crippen LogP contribution in [0.3, 0.4) is 0 Å². The first-order valence-electron chi connectivity index (χ1n) is 14.0. The van der Waals surface area contributed by atoms with Crippen LogP contribution in [0.5, 0.6) is 0 Å². The number of allylic oxidation sites excluding steroid dienone is 2. The predicted molar refractivity (Wildman–Crippen MR) is 141 cm³/mol. The Morgan fingerprint density at radius 2 is 1.89 bits per heavy atom. The molecule has 8 heteroatoms. The highest BCUT2D eigenvalue weighted by molar-refractivity contribution is 6.28. The first-order valence-corrected chi connectivity index (χ1v) is 14.4. The largest absolute Gasteiger partial charge is 0.459 e. The number of carbonyl (C=O) groups is 3. The van der Waals surface area contributed by atoms with Gasteiger partial charge in [-0.3, -0.25) is 9.59 Å². The van der Waals surface area contributed by atoms with Crippen molar-refractivity contribution in [2.45, 2.75) is 109 Å². The van der Waals surface area contributed by atoms with Gasteiger partial charge in [-0.25, -0.2) is 4.79 Å². The van der Waals surface area contributed by atoms with Crippen molar-refractivity contribution < 1.29 is 34.1 Å². The molecule has 38 heavy (non-hydrogen) atoms. The molecule has 1 heterocycles. The Balaban J connectivity index is 1.57. The number of rotatable bonds is 3. The van der Waals surface area contributed by atoms with E-state index in [-0.39, 0.29) is 42.0 Å². The van der Waals surface area contributed by atoms with Crippen molar-refractivity contribution >= 4 is 29.3 Å². The number of halogens is 1. The third kappa shape index (κ3) is 3.43. The van der Waals surface area contributed by atoms with Crippen molar-refractivity contribution in [3.63, 3.8) is 0 Å². The van der Waals surface area contributed by atoms with E-state index in [4.69, 9.17) is 21.1 Å². The zero-order valence-corrected chi connectivity index (χ0v) is 24.0. The molecule has 5 aliphatic rings. The lowest BCUT2D eigenvalue weighted by Gasteiger charge is -2.65. The van der Waals surface area contributed by atoms with E-state index in [0.29, 0.717) is 37.7 Å². The summed E-state index contributed by atoms with van der Waals surface area (Å²) in [6, 6.07) is 0. The van der Waals surface area contributed by atoms with E-state index in [1.165, 1.54) is 6.92 Å². The number of hydrogen-bond acceptors (Lipinski definition) is 7. The van der Waals surface area contributed by atoms with Gasteiger partial charge in [-0.2, -0.15) is 0 Å². The Labute approximate surface area is 230 Å². The second-order valence-electron chi connectivity index (χ2n) is 13.1. The minimum absolute atomic E-state index is 0.105. The maximum atomic E-state index is 13.5. The van der Waals surface area contributed by atoms with Crippen LogP contribution in [0.1, 0.15) is 80.1 Å². The number of ether oxygens (including phenoxy) is 2. The van der Waals surface area contributed by atoms with Crippen molar-refractivity contribution in [3.8, 4) is 0 Å². The molecule has 0 saturated heterocycles. The first-order chi connectivity index (χ1) is 17.6. The Morgan fingerprint density at radius 1 is 1.21 bits per heavy atom. The fourth-order valence-electron chi connectivity index (χ4n) is 9.29. The number of hydrogen-bond donors (Lipinski definition) is 2. The van der Waals surface area contributed by atoms with E-state index >= 15 is 0 Å². The van der Waals surface area contributed by atoms with E-state index in [9.17, 15) is 24.6 Å². The summed E-state index contributed by atoms with van der Waals surface area (Å²) >= 11 is 7.10. The van der Waals surface area contributed by atoms with Crippen LogP contribution in [-0.4, -0.2) is 56.7 Å². The number of esters is 2. The molecule has 11 atom stereocenters. The van der Waals surface area contributed by atoms with E-state index in [0.717, 1.165) is 5.57 Å². The second kappa shape index (κ2) is 8.90. The lowest BCUT2D eigenvalue weighted by Crippen LogP contribution is -2.72. The average Bonchev–Trinajstić information content (AvgIpc) is 3.07. The lowest BCUT2D eigenvalue weighted by molar-refractivity contribution is -0.245. The zero-order valence-electron chi connectivity index (χ0n) is 23.3. The zero-order chi connectivity index (χ0) is 28.0. The molecule has 0 aromatic rings. The van der Waals surface area contributed by atoms with Crippen molar-refractivity contribution in [2.24, 2.45) is 34.5 Å². The van der Waals surface area contributed by atoms with Gasteiger partial charge in [0.15, 0.2) is 5.78 Å². The Hall–Kier alpha value is -1.70. The molecule has 3 saturated carbocycles. The number of aliphatic hydroxyl groups is 2. The van der Waals surface area contributed by atoms with Crippen molar-refractivity contribution in [1.82, 2.24) is 0 Å². The van der Waals surface area contributed by atoms with Crippen LogP contribution in [-0.2, 0) is 23.9 Å². The molecule has 4 aliphatic carbocycles. The highest BCUT2D eigenvalue weighted by Gasteiger charge is 2.76. The average molecular weight is 549 g/mol. The number of fused-ring (bicyclic) bond motifs is 5. The molecular formula is C30H41ClO7. The van der Waals surface area contributed by atoms with E-state index < -0.39 is 45.4 Å². The maximum absolute atomic E-state index is 13.5. The molecule has 1 aliphatic heterocycles. The fourth-order valence-corrected chi connectivity index (χ4v) is 9.70. The summed E-state index contributed by atoms with van der Waals surface area (Å²) in [5.74, 6) is -1.92. The summed E-state index contributed by atoms with van der Waals surface area (Å²) in [6.07, 6.45) is 4.02. The molecular weight excluding hydrogens is 508 g/mol. The first kappa shape index (κ1) is 27.9. The lowest BCUT2D eigenvalue weighted by atomic mass is 9.42. The summed E-state index contributed by atoms with van der Waals surface area (Å²) in [4.78, 5) is 37.2. The van der Waals surface area contributed by atoms with E-state index in [1.54, 1.807) is 19.1 Å². The maximum Gasteiger partial charge on any atom is 0.333 e. The Kier molecular flexibility index (Phi) is 6.53. The molecule has 5 rings (SSSR count). The van der Waals surface area contributed by atoms with Gasteiger partial charge in [0.05, 0.1) is 16.4 Å². The van der Waals surface area contributed by atoms with Crippen LogP contribution in [0.25, 0.3) is 0 Å². The van der Waals surface area contributed by atoms with Gasteiger partial charge >= 0.3 is 11.9 Å². The molecule has 0 aromatic heterocycles. The van der Waals surface area contributed by atoms with Crippen LogP contribution in [0, 0.1) is 34.5 Å². The quantitative estimate of drug-likeness (QED) is 0.400. The minimum Gasteiger partial charge on any atom is -0.459 e. The van der Waals surface area contributed by atoms with Crippen LogP contribution in [0.15, 0.2) is 23.3 Å². The smallest absolute Gasteiger partial charge is 0.333 e. The molecule has 210 valence electrons. The topological polar surface area (TPSA) is 110 Å². The summed E-state index contributed by atoms with van der Waals surface area (Å²) in [5.41, 5.74) is -1.60. The van der Waals surface area contributed by atoms with Gasteiger partial charge in [0.25, 0.3) is 0 Å². The van der Waals surface area contributed by atoms with Crippen molar-refractivity contribution in [2.75, 3.05) is 0 Å². The molecule has 0 aromatic carbocycles. The number of ketones is 1. The van der Waals surface area contributed by atoms with E-state index in [1.807, 2.05) is 20.8 Å². The summed E-state index contributed by atoms with van der Waals surface area (Å²) < 4.78 is 11.7. The van der Waals surface area contributed by atoms with Gasteiger partial charge in [-0.05, 0) is 75.7 Å². The second-order valence-corrected chi connectivity index (χ2v) is 13.8. The highest BCUT2D eigenvalue weighted by atomic mass is 35.5. The van der Waals surface area contributed by atoms with Gasteiger partial charge in [0.1, 0.15) is 17.8 Å². The molecule has 0 spiro atoms. The number of carbonyl (C=O) groups excluding carboxylic acids is 3. The van der Waals surface area contributed by atoms with Gasteiger partial charge in [0.2, 0.25) is 0 Å². The molecule has 0 amide bonds. The summed E-state index contributed by atoms with van der Waals surface area (Å²) in [6.45, 7) is 11.0. The van der Waals surface area contributed by atoms with Gasteiger partial charge < -0.3 is 19.7 Å².